The first-order chi connectivity index (χ1) is 15.7. The topological polar surface area (TPSA) is 49.8 Å². The molecule has 162 valence electrons. The highest BCUT2D eigenvalue weighted by Gasteiger charge is 2.32. The van der Waals surface area contributed by atoms with Gasteiger partial charge in [0.05, 0.1) is 12.0 Å². The molecule has 1 fully saturated rings. The Labute approximate surface area is 191 Å². The number of fused-ring (bicyclic) bond motifs is 1. The molecule has 0 radical (unpaired) electrons. The second-order valence-electron chi connectivity index (χ2n) is 8.25. The Morgan fingerprint density at radius 3 is 2.56 bits per heavy atom. The summed E-state index contributed by atoms with van der Waals surface area (Å²) < 4.78 is 7.35. The van der Waals surface area contributed by atoms with Gasteiger partial charge in [-0.3, -0.25) is 9.69 Å². The zero-order valence-corrected chi connectivity index (χ0v) is 18.5. The van der Waals surface area contributed by atoms with Crippen molar-refractivity contribution >= 4 is 27.4 Å². The molecule has 0 spiro atoms. The lowest BCUT2D eigenvalue weighted by Gasteiger charge is -2.37. The van der Waals surface area contributed by atoms with Gasteiger partial charge in [0, 0.05) is 16.1 Å². The molecular weight excluding hydrogens is 418 g/mol. The van der Waals surface area contributed by atoms with Gasteiger partial charge in [0.25, 0.3) is 0 Å². The van der Waals surface area contributed by atoms with Gasteiger partial charge in [-0.25, -0.2) is 0 Å². The summed E-state index contributed by atoms with van der Waals surface area (Å²) in [5.41, 5.74) is 1.12. The lowest BCUT2D eigenvalue weighted by molar-refractivity contribution is -0.143. The van der Waals surface area contributed by atoms with Crippen molar-refractivity contribution in [2.24, 2.45) is 5.92 Å². The molecule has 5 rings (SSSR count). The first-order valence-electron chi connectivity index (χ1n) is 11.0. The Hall–Kier alpha value is -3.15. The summed E-state index contributed by atoms with van der Waals surface area (Å²) >= 11 is 1.78. The van der Waals surface area contributed by atoms with Crippen LogP contribution in [0.25, 0.3) is 10.1 Å². The fourth-order valence-electron chi connectivity index (χ4n) is 4.51. The molecule has 1 aliphatic rings. The normalized spacial score (nSPS) is 17.8. The first kappa shape index (κ1) is 20.7. The first-order valence-corrected chi connectivity index (χ1v) is 11.8. The summed E-state index contributed by atoms with van der Waals surface area (Å²) in [7, 11) is 0. The molecule has 2 heterocycles. The number of thiophene rings is 1. The molecule has 1 N–H and O–H groups in total. The van der Waals surface area contributed by atoms with E-state index in [1.807, 2.05) is 42.5 Å². The molecule has 4 aromatic rings. The Balaban J connectivity index is 1.53. The van der Waals surface area contributed by atoms with Crippen LogP contribution < -0.4 is 4.74 Å². The van der Waals surface area contributed by atoms with E-state index in [0.29, 0.717) is 6.54 Å². The summed E-state index contributed by atoms with van der Waals surface area (Å²) in [6, 6.07) is 28.6. The van der Waals surface area contributed by atoms with Crippen LogP contribution in [-0.4, -0.2) is 29.1 Å². The minimum Gasteiger partial charge on any atom is -0.481 e. The number of benzene rings is 3. The number of aliphatic carboxylic acids is 1. The molecular formula is C27H25NO3S. The monoisotopic (exact) mass is 443 g/mol. The van der Waals surface area contributed by atoms with Crippen LogP contribution in [0.3, 0.4) is 0 Å². The van der Waals surface area contributed by atoms with Gasteiger partial charge in [-0.05, 0) is 66.7 Å². The molecule has 5 heteroatoms. The van der Waals surface area contributed by atoms with Crippen LogP contribution >= 0.6 is 11.3 Å². The van der Waals surface area contributed by atoms with Crippen molar-refractivity contribution in [3.8, 4) is 11.5 Å². The van der Waals surface area contributed by atoms with E-state index in [0.717, 1.165) is 36.4 Å². The average molecular weight is 444 g/mol. The van der Waals surface area contributed by atoms with Crippen molar-refractivity contribution in [3.63, 3.8) is 0 Å². The summed E-state index contributed by atoms with van der Waals surface area (Å²) in [5, 5.41) is 10.9. The van der Waals surface area contributed by atoms with Gasteiger partial charge in [0.2, 0.25) is 0 Å². The quantitative estimate of drug-likeness (QED) is 0.366. The van der Waals surface area contributed by atoms with Crippen LogP contribution in [0.2, 0.25) is 0 Å². The number of ether oxygens (including phenoxy) is 1. The highest BCUT2D eigenvalue weighted by molar-refractivity contribution is 7.19. The van der Waals surface area contributed by atoms with Gasteiger partial charge < -0.3 is 9.84 Å². The van der Waals surface area contributed by atoms with Crippen molar-refractivity contribution in [2.45, 2.75) is 18.9 Å². The number of likely N-dealkylation sites (tertiary alicyclic amines) is 1. The lowest BCUT2D eigenvalue weighted by Crippen LogP contribution is -2.41. The van der Waals surface area contributed by atoms with Gasteiger partial charge in [-0.1, -0.05) is 48.5 Å². The number of hydrogen-bond acceptors (Lipinski definition) is 4. The minimum absolute atomic E-state index is 0.00567. The molecule has 0 amide bonds. The van der Waals surface area contributed by atoms with E-state index < -0.39 is 5.97 Å². The molecule has 0 aliphatic carbocycles. The Kier molecular flexibility index (Phi) is 5.93. The number of carboxylic acids is 1. The third kappa shape index (κ3) is 4.40. The van der Waals surface area contributed by atoms with E-state index in [4.69, 9.17) is 4.74 Å². The Morgan fingerprint density at radius 1 is 0.969 bits per heavy atom. The maximum atomic E-state index is 11.7. The van der Waals surface area contributed by atoms with Crippen molar-refractivity contribution in [1.29, 1.82) is 0 Å². The van der Waals surface area contributed by atoms with Crippen molar-refractivity contribution in [1.82, 2.24) is 4.90 Å². The van der Waals surface area contributed by atoms with E-state index in [1.165, 1.54) is 15.0 Å². The summed E-state index contributed by atoms with van der Waals surface area (Å²) in [6.45, 7) is 1.43. The van der Waals surface area contributed by atoms with Crippen LogP contribution in [0.4, 0.5) is 0 Å². The summed E-state index contributed by atoms with van der Waals surface area (Å²) in [6.07, 6.45) is 1.63. The number of rotatable bonds is 6. The smallest absolute Gasteiger partial charge is 0.307 e. The zero-order valence-electron chi connectivity index (χ0n) is 17.7. The van der Waals surface area contributed by atoms with E-state index in [-0.39, 0.29) is 12.0 Å². The maximum Gasteiger partial charge on any atom is 0.307 e. The largest absolute Gasteiger partial charge is 0.481 e. The second kappa shape index (κ2) is 9.15. The van der Waals surface area contributed by atoms with Crippen LogP contribution in [0.15, 0.2) is 84.9 Å². The number of piperidine rings is 1. The van der Waals surface area contributed by atoms with Gasteiger partial charge >= 0.3 is 5.97 Å². The number of para-hydroxylation sites is 1. The summed E-state index contributed by atoms with van der Waals surface area (Å²) in [5.74, 6) is 0.550. The lowest BCUT2D eigenvalue weighted by atomic mass is 9.94. The zero-order chi connectivity index (χ0) is 21.9. The molecule has 2 unspecified atom stereocenters. The van der Waals surface area contributed by atoms with E-state index in [9.17, 15) is 9.90 Å². The SMILES string of the molecule is O=C(O)C1CCCN(C(c2cccc(Oc3ccccc3)c2)c2cc3ccccc3s2)C1. The van der Waals surface area contributed by atoms with Crippen LogP contribution in [0.5, 0.6) is 11.5 Å². The molecule has 3 aromatic carbocycles. The van der Waals surface area contributed by atoms with Crippen LogP contribution in [0.1, 0.15) is 29.3 Å². The highest BCUT2D eigenvalue weighted by atomic mass is 32.1. The minimum atomic E-state index is -0.703. The fourth-order valence-corrected chi connectivity index (χ4v) is 5.74. The number of nitrogens with zero attached hydrogens (tertiary/aromatic N) is 1. The Morgan fingerprint density at radius 2 is 1.75 bits per heavy atom. The van der Waals surface area contributed by atoms with Gasteiger partial charge in [0.1, 0.15) is 11.5 Å². The van der Waals surface area contributed by atoms with Crippen molar-refractivity contribution < 1.29 is 14.6 Å². The highest BCUT2D eigenvalue weighted by Crippen LogP contribution is 2.40. The van der Waals surface area contributed by atoms with Crippen molar-refractivity contribution in [3.05, 3.63) is 95.4 Å². The molecule has 2 atom stereocenters. The molecule has 1 aromatic heterocycles. The van der Waals surface area contributed by atoms with E-state index in [2.05, 4.69) is 47.4 Å². The number of hydrogen-bond donors (Lipinski definition) is 1. The summed E-state index contributed by atoms with van der Waals surface area (Å²) in [4.78, 5) is 15.3. The van der Waals surface area contributed by atoms with Gasteiger partial charge in [0.15, 0.2) is 0 Å². The van der Waals surface area contributed by atoms with Gasteiger partial charge in [-0.15, -0.1) is 11.3 Å². The molecule has 32 heavy (non-hydrogen) atoms. The predicted molar refractivity (Wildman–Crippen MR) is 129 cm³/mol. The van der Waals surface area contributed by atoms with Crippen LogP contribution in [0, 0.1) is 5.92 Å². The fraction of sp³-hybridized carbons (Fsp3) is 0.222. The van der Waals surface area contributed by atoms with E-state index >= 15 is 0 Å². The molecule has 4 nitrogen and oxygen atoms in total. The average Bonchev–Trinajstić information content (AvgIpc) is 3.24. The second-order valence-corrected chi connectivity index (χ2v) is 9.36. The van der Waals surface area contributed by atoms with Crippen molar-refractivity contribution in [2.75, 3.05) is 13.1 Å². The number of carboxylic acid groups (broad SMARTS) is 1. The van der Waals surface area contributed by atoms with Crippen LogP contribution in [-0.2, 0) is 4.79 Å². The third-order valence-electron chi connectivity index (χ3n) is 6.03. The maximum absolute atomic E-state index is 11.7. The molecule has 1 saturated heterocycles. The third-order valence-corrected chi connectivity index (χ3v) is 7.20. The number of carbonyl (C=O) groups is 1. The predicted octanol–water partition coefficient (Wildman–Crippen LogP) is 6.58. The van der Waals surface area contributed by atoms with Gasteiger partial charge in [-0.2, -0.15) is 0 Å². The Bertz CT molecular complexity index is 1190. The standard InChI is InChI=1S/C27H25NO3S/c29-27(30)21-10-7-15-28(18-21)26(25-17-19-8-4-5-14-24(19)32-25)20-9-6-13-23(16-20)31-22-11-2-1-3-12-22/h1-6,8-9,11-14,16-17,21,26H,7,10,15,18H2,(H,29,30). The molecule has 0 bridgehead atoms. The molecule has 0 saturated carbocycles. The molecule has 1 aliphatic heterocycles. The van der Waals surface area contributed by atoms with E-state index in [1.54, 1.807) is 11.3 Å².